The topological polar surface area (TPSA) is 113 Å². The van der Waals surface area contributed by atoms with Gasteiger partial charge in [-0.2, -0.15) is 0 Å². The summed E-state index contributed by atoms with van der Waals surface area (Å²) in [6.45, 7) is 9.19. The maximum Gasteiger partial charge on any atom is 0.338 e. The molecule has 0 aliphatic heterocycles. The minimum Gasteiger partial charge on any atom is -0.505 e. The number of fused-ring (bicyclic) bond motifs is 1. The third-order valence-electron chi connectivity index (χ3n) is 5.20. The summed E-state index contributed by atoms with van der Waals surface area (Å²) < 4.78 is 15.7. The van der Waals surface area contributed by atoms with Gasteiger partial charge in [-0.1, -0.05) is 6.58 Å². The molecule has 1 N–H and O–H groups in total. The van der Waals surface area contributed by atoms with Crippen LogP contribution in [0.1, 0.15) is 41.3 Å². The van der Waals surface area contributed by atoms with Gasteiger partial charge in [0.25, 0.3) is 0 Å². The fourth-order valence-electron chi connectivity index (χ4n) is 3.11. The highest BCUT2D eigenvalue weighted by atomic mass is 16.5. The molecular weight excluding hydrogens is 426 g/mol. The van der Waals surface area contributed by atoms with Crippen LogP contribution >= 0.6 is 0 Å². The lowest BCUT2D eigenvalue weighted by Crippen LogP contribution is -2.09. The predicted molar refractivity (Wildman–Crippen MR) is 122 cm³/mol. The van der Waals surface area contributed by atoms with Crippen LogP contribution in [0.5, 0.6) is 11.5 Å². The van der Waals surface area contributed by atoms with E-state index in [2.05, 4.69) is 16.8 Å². The summed E-state index contributed by atoms with van der Waals surface area (Å²) in [6.07, 6.45) is 1.13. The van der Waals surface area contributed by atoms with Crippen molar-refractivity contribution in [2.24, 2.45) is 0 Å². The highest BCUT2D eigenvalue weighted by Gasteiger charge is 2.17. The molecule has 0 saturated carbocycles. The van der Waals surface area contributed by atoms with E-state index in [-0.39, 0.29) is 19.0 Å². The molecule has 3 aromatic rings. The van der Waals surface area contributed by atoms with Crippen molar-refractivity contribution < 1.29 is 28.9 Å². The fourth-order valence-corrected chi connectivity index (χ4v) is 3.11. The van der Waals surface area contributed by atoms with Gasteiger partial charge < -0.3 is 19.3 Å². The van der Waals surface area contributed by atoms with Gasteiger partial charge in [0.05, 0.1) is 25.9 Å². The molecule has 2 aromatic carbocycles. The number of carbonyl (C=O) groups is 2. The molecule has 0 amide bonds. The van der Waals surface area contributed by atoms with Crippen LogP contribution in [0.2, 0.25) is 0 Å². The summed E-state index contributed by atoms with van der Waals surface area (Å²) in [5, 5.41) is 19.4. The highest BCUT2D eigenvalue weighted by Crippen LogP contribution is 2.34. The lowest BCUT2D eigenvalue weighted by molar-refractivity contribution is -0.139. The van der Waals surface area contributed by atoms with Crippen molar-refractivity contribution in [1.82, 2.24) is 15.0 Å². The van der Waals surface area contributed by atoms with Crippen molar-refractivity contribution in [3.8, 4) is 17.2 Å². The zero-order valence-corrected chi connectivity index (χ0v) is 19.2. The fraction of sp³-hybridized carbons (Fsp3) is 0.333. The average Bonchev–Trinajstić information content (AvgIpc) is 3.22. The Morgan fingerprint density at radius 2 is 1.70 bits per heavy atom. The number of aromatic hydroxyl groups is 1. The number of benzene rings is 2. The largest absolute Gasteiger partial charge is 0.505 e. The molecule has 0 bridgehead atoms. The van der Waals surface area contributed by atoms with Crippen LogP contribution < -0.4 is 4.74 Å². The number of rotatable bonds is 9. The number of esters is 2. The van der Waals surface area contributed by atoms with E-state index >= 15 is 0 Å². The molecule has 0 saturated heterocycles. The van der Waals surface area contributed by atoms with Crippen molar-refractivity contribution >= 4 is 23.0 Å². The third kappa shape index (κ3) is 5.31. The second-order valence-corrected chi connectivity index (χ2v) is 7.65. The number of aromatic nitrogens is 3. The zero-order valence-electron chi connectivity index (χ0n) is 19.2. The van der Waals surface area contributed by atoms with E-state index in [1.807, 2.05) is 6.92 Å². The Labute approximate surface area is 191 Å². The summed E-state index contributed by atoms with van der Waals surface area (Å²) in [5.74, 6) is -0.246. The summed E-state index contributed by atoms with van der Waals surface area (Å²) in [4.78, 5) is 25.0. The molecule has 0 fully saturated rings. The first kappa shape index (κ1) is 23.8. The number of carbonyl (C=O) groups excluding carboxylic acids is 2. The van der Waals surface area contributed by atoms with Gasteiger partial charge >= 0.3 is 11.9 Å². The van der Waals surface area contributed by atoms with E-state index in [0.717, 1.165) is 5.56 Å². The summed E-state index contributed by atoms with van der Waals surface area (Å²) in [7, 11) is 1.56. The smallest absolute Gasteiger partial charge is 0.338 e. The normalized spacial score (nSPS) is 10.8. The number of hydrogen-bond donors (Lipinski definition) is 1. The average molecular weight is 453 g/mol. The molecule has 174 valence electrons. The Bertz CT molecular complexity index is 1210. The summed E-state index contributed by atoms with van der Waals surface area (Å²) in [6, 6.07) is 6.53. The van der Waals surface area contributed by atoms with Crippen LogP contribution in [-0.4, -0.2) is 52.4 Å². The number of phenols is 1. The first-order chi connectivity index (χ1) is 15.7. The Hall–Kier alpha value is -3.88. The molecule has 0 aliphatic rings. The molecule has 33 heavy (non-hydrogen) atoms. The van der Waals surface area contributed by atoms with E-state index in [9.17, 15) is 14.7 Å². The van der Waals surface area contributed by atoms with Gasteiger partial charge in [0, 0.05) is 11.6 Å². The summed E-state index contributed by atoms with van der Waals surface area (Å²) in [5.41, 5.74) is 3.60. The Morgan fingerprint density at radius 3 is 2.36 bits per heavy atom. The number of ether oxygens (including phenoxy) is 3. The van der Waals surface area contributed by atoms with Crippen LogP contribution in [0.4, 0.5) is 0 Å². The van der Waals surface area contributed by atoms with Crippen molar-refractivity contribution in [2.75, 3.05) is 20.3 Å². The molecular formula is C24H27N3O6. The Morgan fingerprint density at radius 1 is 1.03 bits per heavy atom. The number of unbranched alkanes of at least 4 members (excludes halogenated alkanes) is 1. The van der Waals surface area contributed by atoms with E-state index in [0.29, 0.717) is 52.0 Å². The van der Waals surface area contributed by atoms with Gasteiger partial charge in [0.15, 0.2) is 0 Å². The zero-order chi connectivity index (χ0) is 24.1. The molecule has 0 spiro atoms. The van der Waals surface area contributed by atoms with Crippen LogP contribution in [0, 0.1) is 13.8 Å². The quantitative estimate of drug-likeness (QED) is 0.296. The maximum atomic E-state index is 12.4. The molecule has 9 nitrogen and oxygen atoms in total. The van der Waals surface area contributed by atoms with Gasteiger partial charge in [-0.3, -0.25) is 0 Å². The van der Waals surface area contributed by atoms with Crippen LogP contribution in [0.15, 0.2) is 36.4 Å². The first-order valence-corrected chi connectivity index (χ1v) is 10.5. The second-order valence-electron chi connectivity index (χ2n) is 7.65. The van der Waals surface area contributed by atoms with E-state index in [1.165, 1.54) is 4.80 Å². The molecule has 3 rings (SSSR count). The first-order valence-electron chi connectivity index (χ1n) is 10.5. The van der Waals surface area contributed by atoms with Crippen molar-refractivity contribution in [3.63, 3.8) is 0 Å². The van der Waals surface area contributed by atoms with E-state index < -0.39 is 11.9 Å². The molecule has 1 heterocycles. The molecule has 0 aliphatic carbocycles. The molecule has 9 heteroatoms. The van der Waals surface area contributed by atoms with Gasteiger partial charge in [-0.05, 0) is 62.9 Å². The van der Waals surface area contributed by atoms with Gasteiger partial charge in [-0.15, -0.1) is 15.0 Å². The van der Waals surface area contributed by atoms with Crippen LogP contribution in [0.3, 0.4) is 0 Å². The number of methoxy groups -OCH3 is 1. The van der Waals surface area contributed by atoms with Crippen molar-refractivity contribution in [2.45, 2.75) is 33.6 Å². The van der Waals surface area contributed by atoms with Crippen molar-refractivity contribution in [1.29, 1.82) is 0 Å². The Balaban J connectivity index is 1.67. The number of hydrogen-bond acceptors (Lipinski definition) is 8. The standard InChI is InChI=1S/C24H27N3O6/c1-14(2)23(29)32-10-6-7-11-33-24(30)17-8-9-18-19(12-17)26-27(25-18)20-13-21(31-5)15(3)16(4)22(20)28/h8-9,12-13,28H,1,6-7,10-11H2,2-5H3. The van der Waals surface area contributed by atoms with Gasteiger partial charge in [0.1, 0.15) is 28.2 Å². The number of phenolic OH excluding ortho intramolecular Hbond substituents is 1. The van der Waals surface area contributed by atoms with E-state index in [1.54, 1.807) is 45.2 Å². The van der Waals surface area contributed by atoms with Crippen LogP contribution in [0.25, 0.3) is 16.7 Å². The third-order valence-corrected chi connectivity index (χ3v) is 5.20. The van der Waals surface area contributed by atoms with Gasteiger partial charge in [-0.25, -0.2) is 9.59 Å². The monoisotopic (exact) mass is 453 g/mol. The molecule has 1 aromatic heterocycles. The second kappa shape index (κ2) is 10.2. The molecule has 0 radical (unpaired) electrons. The lowest BCUT2D eigenvalue weighted by Gasteiger charge is -2.13. The molecule has 0 atom stereocenters. The van der Waals surface area contributed by atoms with Crippen LogP contribution in [-0.2, 0) is 14.3 Å². The van der Waals surface area contributed by atoms with Gasteiger partial charge in [0.2, 0.25) is 0 Å². The minimum absolute atomic E-state index is 0.0576. The van der Waals surface area contributed by atoms with E-state index in [4.69, 9.17) is 14.2 Å². The molecule has 0 unspecified atom stereocenters. The summed E-state index contributed by atoms with van der Waals surface area (Å²) >= 11 is 0. The van der Waals surface area contributed by atoms with Crippen molar-refractivity contribution in [3.05, 3.63) is 53.1 Å². The highest BCUT2D eigenvalue weighted by molar-refractivity contribution is 5.93. The predicted octanol–water partition coefficient (Wildman–Crippen LogP) is 3.81. The lowest BCUT2D eigenvalue weighted by atomic mass is 10.1. The maximum absolute atomic E-state index is 12.4. The SMILES string of the molecule is C=C(C)C(=O)OCCCCOC(=O)c1ccc2nn(-c3cc(OC)c(C)c(C)c3O)nc2c1. The Kier molecular flexibility index (Phi) is 7.32. The minimum atomic E-state index is -0.485. The number of nitrogens with zero attached hydrogens (tertiary/aromatic N) is 3.